The molecule has 0 radical (unpaired) electrons. The number of hydrogen-bond donors (Lipinski definition) is 4. The Kier molecular flexibility index (Phi) is 3.28. The number of nitrogens with two attached hydrogens (primary N) is 2. The number of carbonyl (C=O) groups is 1. The van der Waals surface area contributed by atoms with Crippen LogP contribution in [-0.4, -0.2) is 26.3 Å². The number of aromatic nitrogens is 3. The van der Waals surface area contributed by atoms with Gasteiger partial charge in [-0.1, -0.05) is 0 Å². The third kappa shape index (κ3) is 2.48. The summed E-state index contributed by atoms with van der Waals surface area (Å²) < 4.78 is 1.78. The fraction of sp³-hybridized carbons (Fsp3) is 0.300. The first-order valence-corrected chi connectivity index (χ1v) is 5.45. The second-order valence-electron chi connectivity index (χ2n) is 3.99. The van der Waals surface area contributed by atoms with E-state index in [1.54, 1.807) is 23.0 Å². The number of primary amides is 1. The van der Waals surface area contributed by atoms with Crippen molar-refractivity contribution >= 4 is 23.2 Å². The van der Waals surface area contributed by atoms with Gasteiger partial charge in [-0.15, -0.1) is 0 Å². The van der Waals surface area contributed by atoms with Gasteiger partial charge in [-0.25, -0.2) is 15.8 Å². The number of rotatable bonds is 5. The number of carbonyl (C=O) groups excluding carboxylic acids is 1. The van der Waals surface area contributed by atoms with Crippen LogP contribution in [-0.2, 0) is 4.79 Å². The predicted molar refractivity (Wildman–Crippen MR) is 67.7 cm³/mol. The maximum absolute atomic E-state index is 10.8. The van der Waals surface area contributed by atoms with Gasteiger partial charge in [0.2, 0.25) is 5.91 Å². The lowest BCUT2D eigenvalue weighted by molar-refractivity contribution is -0.118. The van der Waals surface area contributed by atoms with Crippen LogP contribution >= 0.6 is 0 Å². The number of nitrogens with one attached hydrogen (secondary N) is 2. The molecule has 8 heteroatoms. The molecule has 0 saturated heterocycles. The minimum Gasteiger partial charge on any atom is -0.370 e. The second-order valence-corrected chi connectivity index (χ2v) is 3.99. The SMILES string of the molecule is CC(CC(N)=O)Nc1nc(NN)cn2ccnc12. The van der Waals surface area contributed by atoms with Gasteiger partial charge in [0.25, 0.3) is 0 Å². The molecule has 0 aliphatic heterocycles. The van der Waals surface area contributed by atoms with Gasteiger partial charge in [0.15, 0.2) is 17.3 Å². The Morgan fingerprint density at radius 1 is 1.61 bits per heavy atom. The van der Waals surface area contributed by atoms with Crippen molar-refractivity contribution in [1.82, 2.24) is 14.4 Å². The summed E-state index contributed by atoms with van der Waals surface area (Å²) in [5.41, 5.74) is 8.27. The number of hydrazine groups is 1. The summed E-state index contributed by atoms with van der Waals surface area (Å²) in [6.45, 7) is 1.84. The smallest absolute Gasteiger partial charge is 0.219 e. The molecule has 1 amide bonds. The maximum atomic E-state index is 10.8. The zero-order valence-corrected chi connectivity index (χ0v) is 9.92. The molecule has 2 aromatic rings. The van der Waals surface area contributed by atoms with Gasteiger partial charge in [0, 0.05) is 24.9 Å². The van der Waals surface area contributed by atoms with E-state index >= 15 is 0 Å². The summed E-state index contributed by atoms with van der Waals surface area (Å²) in [5.74, 6) is 6.01. The quantitative estimate of drug-likeness (QED) is 0.426. The van der Waals surface area contributed by atoms with E-state index in [0.29, 0.717) is 17.3 Å². The van der Waals surface area contributed by atoms with E-state index in [9.17, 15) is 4.79 Å². The molecular weight excluding hydrogens is 234 g/mol. The fourth-order valence-corrected chi connectivity index (χ4v) is 1.68. The summed E-state index contributed by atoms with van der Waals surface area (Å²) in [7, 11) is 0. The first-order chi connectivity index (χ1) is 8.60. The highest BCUT2D eigenvalue weighted by Crippen LogP contribution is 2.17. The van der Waals surface area contributed by atoms with E-state index in [2.05, 4.69) is 20.7 Å². The molecule has 1 unspecified atom stereocenters. The van der Waals surface area contributed by atoms with E-state index in [0.717, 1.165) is 0 Å². The largest absolute Gasteiger partial charge is 0.370 e. The Hall–Kier alpha value is -2.35. The monoisotopic (exact) mass is 249 g/mol. The third-order valence-corrected chi connectivity index (χ3v) is 2.41. The molecule has 0 aliphatic carbocycles. The maximum Gasteiger partial charge on any atom is 0.219 e. The van der Waals surface area contributed by atoms with Crippen molar-refractivity contribution in [2.24, 2.45) is 11.6 Å². The Morgan fingerprint density at radius 3 is 3.06 bits per heavy atom. The summed E-state index contributed by atoms with van der Waals surface area (Å²) in [5, 5.41) is 3.09. The molecule has 2 aromatic heterocycles. The first-order valence-electron chi connectivity index (χ1n) is 5.45. The molecule has 0 bridgehead atoms. The lowest BCUT2D eigenvalue weighted by Gasteiger charge is -2.14. The Morgan fingerprint density at radius 2 is 2.39 bits per heavy atom. The lowest BCUT2D eigenvalue weighted by atomic mass is 10.2. The minimum absolute atomic E-state index is 0.136. The van der Waals surface area contributed by atoms with Crippen molar-refractivity contribution in [2.75, 3.05) is 10.7 Å². The standard InChI is InChI=1S/C10H15N7O/c1-6(4-7(11)18)14-9-10-13-2-3-17(10)5-8(15-9)16-12/h2-3,5-6,16H,4,12H2,1H3,(H2,11,18)(H,14,15). The molecule has 8 nitrogen and oxygen atoms in total. The Balaban J connectivity index is 2.30. The summed E-state index contributed by atoms with van der Waals surface area (Å²) >= 11 is 0. The van der Waals surface area contributed by atoms with Crippen molar-refractivity contribution < 1.29 is 4.79 Å². The number of fused-ring (bicyclic) bond motifs is 1. The van der Waals surface area contributed by atoms with Crippen molar-refractivity contribution in [2.45, 2.75) is 19.4 Å². The van der Waals surface area contributed by atoms with Gasteiger partial charge in [-0.3, -0.25) is 4.79 Å². The predicted octanol–water partition coefficient (Wildman–Crippen LogP) is -0.309. The average molecular weight is 249 g/mol. The number of nitrogen functional groups attached to an aromatic ring is 1. The highest BCUT2D eigenvalue weighted by molar-refractivity contribution is 5.75. The molecule has 0 spiro atoms. The van der Waals surface area contributed by atoms with Crippen LogP contribution in [0, 0.1) is 0 Å². The number of imidazole rings is 1. The van der Waals surface area contributed by atoms with E-state index in [4.69, 9.17) is 11.6 Å². The second kappa shape index (κ2) is 4.88. The van der Waals surface area contributed by atoms with Crippen LogP contribution in [0.3, 0.4) is 0 Å². The zero-order valence-electron chi connectivity index (χ0n) is 9.92. The van der Waals surface area contributed by atoms with Crippen molar-refractivity contribution in [1.29, 1.82) is 0 Å². The number of nitrogens with zero attached hydrogens (tertiary/aromatic N) is 3. The van der Waals surface area contributed by atoms with Crippen molar-refractivity contribution in [3.05, 3.63) is 18.6 Å². The topological polar surface area (TPSA) is 123 Å². The van der Waals surface area contributed by atoms with Crippen LogP contribution in [0.15, 0.2) is 18.6 Å². The van der Waals surface area contributed by atoms with Crippen molar-refractivity contribution in [3.63, 3.8) is 0 Å². The number of amides is 1. The van der Waals surface area contributed by atoms with E-state index < -0.39 is 0 Å². The molecule has 0 saturated carbocycles. The Bertz CT molecular complexity index is 564. The van der Waals surface area contributed by atoms with Crippen LogP contribution in [0.4, 0.5) is 11.6 Å². The number of anilines is 2. The van der Waals surface area contributed by atoms with Crippen molar-refractivity contribution in [3.8, 4) is 0 Å². The summed E-state index contributed by atoms with van der Waals surface area (Å²) in [4.78, 5) is 19.3. The fourth-order valence-electron chi connectivity index (χ4n) is 1.68. The van der Waals surface area contributed by atoms with Gasteiger partial charge in [0.05, 0.1) is 6.20 Å². The summed E-state index contributed by atoms with van der Waals surface area (Å²) in [6.07, 6.45) is 5.37. The van der Waals surface area contributed by atoms with Gasteiger partial charge in [0.1, 0.15) is 0 Å². The average Bonchev–Trinajstić information content (AvgIpc) is 2.75. The van der Waals surface area contributed by atoms with Gasteiger partial charge >= 0.3 is 0 Å². The van der Waals surface area contributed by atoms with E-state index in [1.165, 1.54) is 0 Å². The Labute approximate surface area is 103 Å². The van der Waals surface area contributed by atoms with E-state index in [1.807, 2.05) is 6.92 Å². The summed E-state index contributed by atoms with van der Waals surface area (Å²) in [6, 6.07) is -0.136. The van der Waals surface area contributed by atoms with Crippen LogP contribution in [0.5, 0.6) is 0 Å². The van der Waals surface area contributed by atoms with Gasteiger partial charge in [-0.05, 0) is 6.92 Å². The molecule has 6 N–H and O–H groups in total. The molecule has 96 valence electrons. The molecule has 0 fully saturated rings. The molecule has 2 rings (SSSR count). The highest BCUT2D eigenvalue weighted by Gasteiger charge is 2.11. The number of hydrogen-bond acceptors (Lipinski definition) is 6. The van der Waals surface area contributed by atoms with Crippen LogP contribution in [0.2, 0.25) is 0 Å². The molecule has 1 atom stereocenters. The molecule has 0 aliphatic rings. The minimum atomic E-state index is -0.373. The van der Waals surface area contributed by atoms with Gasteiger partial charge in [-0.2, -0.15) is 0 Å². The lowest BCUT2D eigenvalue weighted by Crippen LogP contribution is -2.25. The normalized spacial score (nSPS) is 12.3. The molecule has 18 heavy (non-hydrogen) atoms. The molecule has 0 aromatic carbocycles. The highest BCUT2D eigenvalue weighted by atomic mass is 16.1. The van der Waals surface area contributed by atoms with Gasteiger partial charge < -0.3 is 20.9 Å². The molecular formula is C10H15N7O. The third-order valence-electron chi connectivity index (χ3n) is 2.41. The van der Waals surface area contributed by atoms with Crippen LogP contribution in [0.1, 0.15) is 13.3 Å². The zero-order chi connectivity index (χ0) is 13.1. The molecule has 2 heterocycles. The van der Waals surface area contributed by atoms with Crippen LogP contribution < -0.4 is 22.3 Å². The first kappa shape index (κ1) is 12.1. The van der Waals surface area contributed by atoms with E-state index in [-0.39, 0.29) is 18.4 Å². The van der Waals surface area contributed by atoms with Crippen LogP contribution in [0.25, 0.3) is 5.65 Å².